The van der Waals surface area contributed by atoms with Gasteiger partial charge < -0.3 is 26.5 Å². The molecule has 3 rings (SSSR count). The van der Waals surface area contributed by atoms with E-state index in [-0.39, 0.29) is 28.9 Å². The zero-order valence-corrected chi connectivity index (χ0v) is 16.7. The molecule has 1 aromatic heterocycles. The number of halogens is 1. The predicted molar refractivity (Wildman–Crippen MR) is 113 cm³/mol. The van der Waals surface area contributed by atoms with Gasteiger partial charge in [0.25, 0.3) is 0 Å². The number of aromatic nitrogens is 2. The van der Waals surface area contributed by atoms with Crippen molar-refractivity contribution in [3.63, 3.8) is 0 Å². The second kappa shape index (κ2) is 8.66. The highest BCUT2D eigenvalue weighted by Gasteiger charge is 2.20. The summed E-state index contributed by atoms with van der Waals surface area (Å²) in [7, 11) is 1.81. The van der Waals surface area contributed by atoms with Gasteiger partial charge in [0.05, 0.1) is 18.4 Å². The minimum atomic E-state index is -0.367. The molecule has 0 aliphatic carbocycles. The van der Waals surface area contributed by atoms with Crippen molar-refractivity contribution in [1.29, 1.82) is 5.41 Å². The maximum absolute atomic E-state index is 13.3. The molecule has 0 saturated carbocycles. The third-order valence-electron chi connectivity index (χ3n) is 4.26. The predicted octanol–water partition coefficient (Wildman–Crippen LogP) is 2.90. The molecule has 8 nitrogen and oxygen atoms in total. The molecule has 9 heteroatoms. The van der Waals surface area contributed by atoms with E-state index in [1.54, 1.807) is 36.5 Å². The highest BCUT2D eigenvalue weighted by molar-refractivity contribution is 6.00. The van der Waals surface area contributed by atoms with Gasteiger partial charge in [-0.2, -0.15) is 0 Å². The molecule has 0 atom stereocenters. The number of aromatic hydroxyl groups is 1. The van der Waals surface area contributed by atoms with E-state index in [1.165, 1.54) is 25.1 Å². The molecule has 6 N–H and O–H groups in total. The van der Waals surface area contributed by atoms with Gasteiger partial charge in [-0.05, 0) is 49.4 Å². The van der Waals surface area contributed by atoms with Crippen molar-refractivity contribution in [3.8, 4) is 17.1 Å². The van der Waals surface area contributed by atoms with Crippen molar-refractivity contribution >= 4 is 34.5 Å². The quantitative estimate of drug-likeness (QED) is 0.243. The molecule has 30 heavy (non-hydrogen) atoms. The van der Waals surface area contributed by atoms with Crippen LogP contribution in [0.2, 0.25) is 0 Å². The van der Waals surface area contributed by atoms with Gasteiger partial charge in [0, 0.05) is 18.2 Å². The molecule has 3 aromatic rings. The number of rotatable bonds is 6. The number of nitrogens with one attached hydrogen (secondary N) is 3. The smallest absolute Gasteiger partial charge is 0.221 e. The second-order valence-electron chi connectivity index (χ2n) is 6.62. The molecule has 0 aliphatic rings. The summed E-state index contributed by atoms with van der Waals surface area (Å²) < 4.78 is 13.3. The second-order valence-corrected chi connectivity index (χ2v) is 6.62. The zero-order valence-electron chi connectivity index (χ0n) is 16.7. The number of anilines is 3. The third-order valence-corrected chi connectivity index (χ3v) is 4.26. The Balaban J connectivity index is 2.10. The summed E-state index contributed by atoms with van der Waals surface area (Å²) in [6.45, 7) is 2.98. The number of carbonyl (C=O) groups is 1. The van der Waals surface area contributed by atoms with Gasteiger partial charge in [-0.15, -0.1) is 0 Å². The van der Waals surface area contributed by atoms with Gasteiger partial charge in [-0.3, -0.25) is 4.79 Å². The molecule has 0 radical (unpaired) electrons. The van der Waals surface area contributed by atoms with Crippen LogP contribution in [-0.4, -0.2) is 33.7 Å². The van der Waals surface area contributed by atoms with Crippen LogP contribution in [0, 0.1) is 11.2 Å². The van der Waals surface area contributed by atoms with E-state index >= 15 is 0 Å². The highest BCUT2D eigenvalue weighted by atomic mass is 19.1. The summed E-state index contributed by atoms with van der Waals surface area (Å²) in [5.41, 5.74) is 2.75. The first kappa shape index (κ1) is 20.9. The molecule has 1 heterocycles. The van der Waals surface area contributed by atoms with Gasteiger partial charge in [0.15, 0.2) is 23.0 Å². The van der Waals surface area contributed by atoms with Gasteiger partial charge in [0.2, 0.25) is 5.91 Å². The summed E-state index contributed by atoms with van der Waals surface area (Å²) in [6, 6.07) is 10.5. The molecule has 0 saturated heterocycles. The van der Waals surface area contributed by atoms with Crippen LogP contribution in [0.1, 0.15) is 19.5 Å². The topological polar surface area (TPSA) is 128 Å². The first-order valence-corrected chi connectivity index (χ1v) is 9.19. The van der Waals surface area contributed by atoms with Crippen LogP contribution < -0.4 is 16.0 Å². The first-order chi connectivity index (χ1) is 14.3. The summed E-state index contributed by atoms with van der Waals surface area (Å²) in [5, 5.41) is 25.6. The van der Waals surface area contributed by atoms with E-state index in [9.17, 15) is 14.3 Å². The fourth-order valence-corrected chi connectivity index (χ4v) is 2.89. The number of phenolic OH excluding ortho intramolecular Hbond substituents is 1. The monoisotopic (exact) mass is 409 g/mol. The van der Waals surface area contributed by atoms with Crippen molar-refractivity contribution in [3.05, 3.63) is 54.0 Å². The van der Waals surface area contributed by atoms with Crippen LogP contribution in [-0.2, 0) is 4.79 Å². The average molecular weight is 409 g/mol. The summed E-state index contributed by atoms with van der Waals surface area (Å²) in [5.74, 6) is 0.0308. The van der Waals surface area contributed by atoms with E-state index in [1.807, 2.05) is 7.05 Å². The summed E-state index contributed by atoms with van der Waals surface area (Å²) in [4.78, 5) is 20.4. The Morgan fingerprint density at radius 2 is 1.83 bits per heavy atom. The van der Waals surface area contributed by atoms with E-state index in [0.29, 0.717) is 34.3 Å². The van der Waals surface area contributed by atoms with Crippen molar-refractivity contribution < 1.29 is 19.6 Å². The van der Waals surface area contributed by atoms with Crippen LogP contribution >= 0.6 is 0 Å². The van der Waals surface area contributed by atoms with Gasteiger partial charge in [-0.1, -0.05) is 0 Å². The van der Waals surface area contributed by atoms with Crippen molar-refractivity contribution in [2.24, 2.45) is 0 Å². The Morgan fingerprint density at radius 3 is 2.43 bits per heavy atom. The molecule has 0 aliphatic heterocycles. The van der Waals surface area contributed by atoms with E-state index in [4.69, 9.17) is 5.41 Å². The maximum Gasteiger partial charge on any atom is 0.221 e. The molecule has 2 aromatic carbocycles. The van der Waals surface area contributed by atoms with E-state index in [0.717, 1.165) is 0 Å². The lowest BCUT2D eigenvalue weighted by Crippen LogP contribution is -2.73. The summed E-state index contributed by atoms with van der Waals surface area (Å²) in [6.07, 6.45) is 0. The standard InChI is InChI=1S/C21H21FN6O2/c1-11(23)18-19(24-3)21(28-20(27-18)13-4-6-14(22)7-5-13)26-15-8-9-17(30)16(10-15)25-12(2)29/h4-10,23-24,30H,1-3H3,(H,25,29)(H,26,27,28)/p+1. The molecule has 1 amide bonds. The number of nitrogens with two attached hydrogens (primary N) is 1. The van der Waals surface area contributed by atoms with Crippen molar-refractivity contribution in [2.45, 2.75) is 13.8 Å². The maximum atomic E-state index is 13.3. The Hall–Kier alpha value is -3.85. The van der Waals surface area contributed by atoms with Gasteiger partial charge >= 0.3 is 0 Å². The number of benzene rings is 2. The van der Waals surface area contributed by atoms with Crippen LogP contribution in [0.25, 0.3) is 11.4 Å². The third kappa shape index (κ3) is 4.58. The molecule has 0 bridgehead atoms. The normalized spacial score (nSPS) is 10.5. The number of hydrogen-bond acceptors (Lipinski definition) is 6. The first-order valence-electron chi connectivity index (χ1n) is 9.19. The number of phenols is 1. The molecule has 0 spiro atoms. The number of carbonyl (C=O) groups excluding carboxylic acids is 1. The Labute approximate surface area is 172 Å². The Bertz CT molecular complexity index is 1120. The number of hydrogen-bond donors (Lipinski definition) is 5. The average Bonchev–Trinajstić information content (AvgIpc) is 2.70. The molecule has 154 valence electrons. The lowest BCUT2D eigenvalue weighted by Gasteiger charge is -2.14. The van der Waals surface area contributed by atoms with E-state index < -0.39 is 0 Å². The number of nitrogens with zero attached hydrogens (tertiary/aromatic N) is 2. The minimum absolute atomic E-state index is 0.0660. The molecular weight excluding hydrogens is 387 g/mol. The SMILES string of the molecule is C[NH2+]c1c(Nc2ccc(O)c(NC(C)=O)c2)nc(-c2ccc(F)cc2)nc1C(C)=N. The molecular formula is C21H22FN6O2+. The fourth-order valence-electron chi connectivity index (χ4n) is 2.89. The van der Waals surface area contributed by atoms with Crippen LogP contribution in [0.15, 0.2) is 42.5 Å². The lowest BCUT2D eigenvalue weighted by atomic mass is 10.1. The molecule has 0 fully saturated rings. The van der Waals surface area contributed by atoms with Crippen LogP contribution in [0.4, 0.5) is 27.3 Å². The van der Waals surface area contributed by atoms with Crippen LogP contribution in [0.3, 0.4) is 0 Å². The van der Waals surface area contributed by atoms with Crippen LogP contribution in [0.5, 0.6) is 5.75 Å². The number of quaternary nitrogens is 1. The number of amides is 1. The Morgan fingerprint density at radius 1 is 1.13 bits per heavy atom. The Kier molecular flexibility index (Phi) is 6.03. The minimum Gasteiger partial charge on any atom is -0.506 e. The fraction of sp³-hybridized carbons (Fsp3) is 0.143. The van der Waals surface area contributed by atoms with Gasteiger partial charge in [-0.25, -0.2) is 14.4 Å². The lowest BCUT2D eigenvalue weighted by molar-refractivity contribution is -0.539. The van der Waals surface area contributed by atoms with Gasteiger partial charge in [0.1, 0.15) is 11.6 Å². The van der Waals surface area contributed by atoms with Crippen molar-refractivity contribution in [1.82, 2.24) is 9.97 Å². The highest BCUT2D eigenvalue weighted by Crippen LogP contribution is 2.31. The zero-order chi connectivity index (χ0) is 21.8. The largest absolute Gasteiger partial charge is 0.506 e. The van der Waals surface area contributed by atoms with Crippen molar-refractivity contribution in [2.75, 3.05) is 17.7 Å². The van der Waals surface area contributed by atoms with E-state index in [2.05, 4.69) is 20.6 Å². The molecule has 0 unspecified atom stereocenters. The summed E-state index contributed by atoms with van der Waals surface area (Å²) >= 11 is 0.